The third kappa shape index (κ3) is 3.72. The van der Waals surface area contributed by atoms with Gasteiger partial charge in [-0.25, -0.2) is 0 Å². The van der Waals surface area contributed by atoms with E-state index in [0.717, 1.165) is 73.1 Å². The highest BCUT2D eigenvalue weighted by atomic mass is 32.1. The van der Waals surface area contributed by atoms with Crippen LogP contribution in [0.15, 0.2) is 122 Å². The van der Waals surface area contributed by atoms with Gasteiger partial charge >= 0.3 is 0 Å². The van der Waals surface area contributed by atoms with E-state index in [2.05, 4.69) is 145 Å². The van der Waals surface area contributed by atoms with E-state index in [-0.39, 0.29) is 0 Å². The molecule has 0 unspecified atom stereocenters. The molecule has 194 valence electrons. The molecule has 2 heterocycles. The van der Waals surface area contributed by atoms with Crippen LogP contribution in [0.1, 0.15) is 33.4 Å². The van der Waals surface area contributed by atoms with Crippen LogP contribution in [0, 0.1) is 0 Å². The molecule has 0 aliphatic carbocycles. The topological polar surface area (TPSA) is 32.5 Å². The van der Waals surface area contributed by atoms with Gasteiger partial charge in [0.05, 0.1) is 22.7 Å². The molecular weight excluding hydrogens is 506 g/mol. The summed E-state index contributed by atoms with van der Waals surface area (Å²) in [5, 5.41) is 0. The van der Waals surface area contributed by atoms with E-state index in [4.69, 9.17) is 5.73 Å². The number of anilines is 6. The lowest BCUT2D eigenvalue weighted by Gasteiger charge is -2.39. The van der Waals surface area contributed by atoms with Gasteiger partial charge in [0, 0.05) is 45.9 Å². The van der Waals surface area contributed by atoms with E-state index in [1.807, 2.05) is 0 Å². The minimum atomic E-state index is 0.516. The summed E-state index contributed by atoms with van der Waals surface area (Å²) in [6.45, 7) is 9.70. The fourth-order valence-electron chi connectivity index (χ4n) is 5.92. The number of para-hydroxylation sites is 2. The van der Waals surface area contributed by atoms with Crippen LogP contribution < -0.4 is 15.5 Å². The summed E-state index contributed by atoms with van der Waals surface area (Å²) in [4.78, 5) is 4.68. The molecule has 2 aliphatic rings. The number of benzene rings is 5. The molecule has 3 nitrogen and oxygen atoms in total. The van der Waals surface area contributed by atoms with Crippen LogP contribution in [-0.2, 0) is 12.3 Å². The zero-order chi connectivity index (χ0) is 27.4. The maximum absolute atomic E-state index is 5.91. The summed E-state index contributed by atoms with van der Waals surface area (Å²) >= 11 is 4.46. The molecule has 0 saturated carbocycles. The van der Waals surface area contributed by atoms with Crippen LogP contribution in [0.5, 0.6) is 0 Å². The van der Waals surface area contributed by atoms with Crippen molar-refractivity contribution < 1.29 is 0 Å². The van der Waals surface area contributed by atoms with Gasteiger partial charge in [0.15, 0.2) is 0 Å². The Balaban J connectivity index is 1.48. The normalized spacial score (nSPS) is 13.4. The highest BCUT2D eigenvalue weighted by Crippen LogP contribution is 2.55. The summed E-state index contributed by atoms with van der Waals surface area (Å²) < 4.78 is 0. The molecule has 0 radical (unpaired) electrons. The second kappa shape index (κ2) is 9.60. The van der Waals surface area contributed by atoms with Gasteiger partial charge in [-0.1, -0.05) is 73.8 Å². The molecule has 2 N–H and O–H groups in total. The smallest absolute Gasteiger partial charge is 0.0548 e. The lowest BCUT2D eigenvalue weighted by atomic mass is 9.84. The van der Waals surface area contributed by atoms with Gasteiger partial charge in [-0.05, 0) is 70.8 Å². The SMILES string of the molecule is C=C1c2ccccc2N(c2ccc(CN)cc2)c2cc3c(cc21)N(c1ccc(CS)cc1)c1ccccc1C3=C. The quantitative estimate of drug-likeness (QED) is 0.220. The predicted molar refractivity (Wildman–Crippen MR) is 173 cm³/mol. The molecule has 5 aromatic carbocycles. The minimum absolute atomic E-state index is 0.516. The van der Waals surface area contributed by atoms with Crippen LogP contribution in [0.25, 0.3) is 11.1 Å². The highest BCUT2D eigenvalue weighted by molar-refractivity contribution is 7.79. The maximum atomic E-state index is 5.91. The van der Waals surface area contributed by atoms with E-state index >= 15 is 0 Å². The van der Waals surface area contributed by atoms with Crippen molar-refractivity contribution in [3.05, 3.63) is 156 Å². The lowest BCUT2D eigenvalue weighted by molar-refractivity contribution is 1.07. The van der Waals surface area contributed by atoms with Crippen molar-refractivity contribution in [1.82, 2.24) is 0 Å². The average Bonchev–Trinajstić information content (AvgIpc) is 3.01. The Bertz CT molecular complexity index is 1670. The van der Waals surface area contributed by atoms with Gasteiger partial charge in [0.2, 0.25) is 0 Å². The van der Waals surface area contributed by atoms with E-state index < -0.39 is 0 Å². The number of thiol groups is 1. The van der Waals surface area contributed by atoms with Crippen molar-refractivity contribution in [2.45, 2.75) is 12.3 Å². The summed E-state index contributed by atoms with van der Waals surface area (Å²) in [6.07, 6.45) is 0. The molecule has 0 atom stereocenters. The lowest BCUT2D eigenvalue weighted by Crippen LogP contribution is -2.22. The molecule has 5 aromatic rings. The van der Waals surface area contributed by atoms with Gasteiger partial charge in [-0.3, -0.25) is 0 Å². The molecule has 0 bridgehead atoms. The van der Waals surface area contributed by atoms with Crippen molar-refractivity contribution in [3.8, 4) is 0 Å². The van der Waals surface area contributed by atoms with Crippen LogP contribution >= 0.6 is 12.6 Å². The minimum Gasteiger partial charge on any atom is -0.326 e. The van der Waals surface area contributed by atoms with Crippen molar-refractivity contribution in [1.29, 1.82) is 0 Å². The van der Waals surface area contributed by atoms with Crippen LogP contribution in [-0.4, -0.2) is 0 Å². The Hall–Kier alpha value is -4.51. The van der Waals surface area contributed by atoms with Gasteiger partial charge in [-0.15, -0.1) is 0 Å². The molecule has 0 saturated heterocycles. The first-order chi connectivity index (χ1) is 19.6. The number of fused-ring (bicyclic) bond motifs is 4. The Morgan fingerprint density at radius 2 is 0.950 bits per heavy atom. The van der Waals surface area contributed by atoms with Gasteiger partial charge < -0.3 is 15.5 Å². The first kappa shape index (κ1) is 24.5. The van der Waals surface area contributed by atoms with Crippen molar-refractivity contribution >= 4 is 57.9 Å². The maximum Gasteiger partial charge on any atom is 0.0548 e. The Morgan fingerprint density at radius 3 is 1.38 bits per heavy atom. The van der Waals surface area contributed by atoms with E-state index in [0.29, 0.717) is 12.3 Å². The number of hydrogen-bond donors (Lipinski definition) is 2. The van der Waals surface area contributed by atoms with Gasteiger partial charge in [0.25, 0.3) is 0 Å². The third-order valence-corrected chi connectivity index (χ3v) is 8.36. The Labute approximate surface area is 240 Å². The fraction of sp³-hybridized carbons (Fsp3) is 0.0556. The second-order valence-corrected chi connectivity index (χ2v) is 10.6. The van der Waals surface area contributed by atoms with E-state index in [1.54, 1.807) is 0 Å². The van der Waals surface area contributed by atoms with Crippen LogP contribution in [0.4, 0.5) is 34.1 Å². The van der Waals surface area contributed by atoms with Crippen molar-refractivity contribution in [2.75, 3.05) is 9.80 Å². The first-order valence-electron chi connectivity index (χ1n) is 13.4. The molecular formula is C36H29N3S. The highest BCUT2D eigenvalue weighted by Gasteiger charge is 2.33. The van der Waals surface area contributed by atoms with Crippen LogP contribution in [0.2, 0.25) is 0 Å². The molecule has 0 spiro atoms. The predicted octanol–water partition coefficient (Wildman–Crippen LogP) is 9.26. The standard InChI is InChI=1S/C36H29N3S/c1-23-29-7-3-5-9-33(29)38(27-15-11-25(21-37)12-16-27)35-19-32-24(2)30-8-4-6-10-34(30)39(36(32)20-31(23)35)28-17-13-26(22-40)14-18-28/h3-20,40H,1-2,21-22,37H2. The molecule has 7 rings (SSSR count). The summed E-state index contributed by atoms with van der Waals surface area (Å²) in [5.41, 5.74) is 21.3. The monoisotopic (exact) mass is 535 g/mol. The fourth-order valence-corrected chi connectivity index (χ4v) is 6.13. The van der Waals surface area contributed by atoms with Gasteiger partial charge in [0.1, 0.15) is 0 Å². The molecule has 4 heteroatoms. The number of rotatable bonds is 4. The molecule has 0 fully saturated rings. The van der Waals surface area contributed by atoms with Crippen molar-refractivity contribution in [3.63, 3.8) is 0 Å². The molecule has 0 aromatic heterocycles. The summed E-state index contributed by atoms with van der Waals surface area (Å²) in [7, 11) is 0. The Morgan fingerprint density at radius 1 is 0.525 bits per heavy atom. The zero-order valence-electron chi connectivity index (χ0n) is 22.1. The van der Waals surface area contributed by atoms with E-state index in [9.17, 15) is 0 Å². The summed E-state index contributed by atoms with van der Waals surface area (Å²) in [6, 6.07) is 38.7. The largest absolute Gasteiger partial charge is 0.326 e. The second-order valence-electron chi connectivity index (χ2n) is 10.2. The van der Waals surface area contributed by atoms with Crippen LogP contribution in [0.3, 0.4) is 0 Å². The molecule has 40 heavy (non-hydrogen) atoms. The molecule has 2 aliphatic heterocycles. The number of nitrogens with zero attached hydrogens (tertiary/aromatic N) is 2. The molecule has 0 amide bonds. The van der Waals surface area contributed by atoms with Crippen molar-refractivity contribution in [2.24, 2.45) is 5.73 Å². The first-order valence-corrected chi connectivity index (χ1v) is 14.1. The number of nitrogens with two attached hydrogens (primary N) is 1. The summed E-state index contributed by atoms with van der Waals surface area (Å²) in [5.74, 6) is 0.707. The Kier molecular flexibility index (Phi) is 5.88. The van der Waals surface area contributed by atoms with Gasteiger partial charge in [-0.2, -0.15) is 12.6 Å². The van der Waals surface area contributed by atoms with E-state index in [1.165, 1.54) is 5.56 Å². The zero-order valence-corrected chi connectivity index (χ0v) is 23.0. The third-order valence-electron chi connectivity index (χ3n) is 7.99. The number of hydrogen-bond acceptors (Lipinski definition) is 4. The average molecular weight is 536 g/mol.